The molecule has 64 heavy (non-hydrogen) atoms. The van der Waals surface area contributed by atoms with Crippen LogP contribution >= 0.6 is 0 Å². The zero-order chi connectivity index (χ0) is 47.0. The molecule has 8 heteroatoms. The molecule has 2 unspecified atom stereocenters. The second-order valence-corrected chi connectivity index (χ2v) is 17.1. The van der Waals surface area contributed by atoms with Crippen LogP contribution in [0.25, 0.3) is 0 Å². The van der Waals surface area contributed by atoms with Gasteiger partial charge in [-0.15, -0.1) is 0 Å². The number of hydrogen-bond acceptors (Lipinski definition) is 6. The summed E-state index contributed by atoms with van der Waals surface area (Å²) >= 11 is 0. The maximum atomic E-state index is 12.8. The van der Waals surface area contributed by atoms with Crippen LogP contribution in [0.4, 0.5) is 0 Å². The van der Waals surface area contributed by atoms with Crippen LogP contribution in [0.3, 0.4) is 0 Å². The number of allylic oxidation sites excluding steroid dienone is 20. The summed E-state index contributed by atoms with van der Waals surface area (Å²) in [6, 6.07) is -0.631. The van der Waals surface area contributed by atoms with Crippen molar-refractivity contribution in [3.8, 4) is 0 Å². The zero-order valence-corrected chi connectivity index (χ0v) is 40.9. The fourth-order valence-electron chi connectivity index (χ4n) is 6.44. The van der Waals surface area contributed by atoms with E-state index in [2.05, 4.69) is 98.9 Å². The molecule has 0 amide bonds. The van der Waals surface area contributed by atoms with Crippen molar-refractivity contribution in [1.29, 1.82) is 0 Å². The lowest BCUT2D eigenvalue weighted by Crippen LogP contribution is -2.50. The highest BCUT2D eigenvalue weighted by Gasteiger charge is 2.31. The standard InChI is InChI=1S/C56H89NO7/c1-6-8-10-12-14-16-18-20-22-24-26-27-28-29-31-32-34-36-38-40-42-44-46-54(58)63-51-52(50-62-49-48-53(56(60)61)57(3,4)5)64-55(59)47-45-43-41-39-37-35-33-30-25-23-21-19-17-15-13-11-9-7-2/h8,10-11,13-17,19-23,25-27,29-31,33,52-53H,6-7,9,12,18,24,28,32,34-51H2,1-5H3/p+1/b10-8+,13-11+,16-14+,17-15+,21-19+,22-20+,25-23+,27-26+,31-29+,33-30+. The molecule has 0 saturated carbocycles. The Balaban J connectivity index is 4.39. The van der Waals surface area contributed by atoms with Crippen molar-refractivity contribution in [2.45, 2.75) is 174 Å². The predicted molar refractivity (Wildman–Crippen MR) is 270 cm³/mol. The average Bonchev–Trinajstić information content (AvgIpc) is 3.26. The van der Waals surface area contributed by atoms with E-state index in [1.807, 2.05) is 57.6 Å². The maximum absolute atomic E-state index is 12.8. The summed E-state index contributed by atoms with van der Waals surface area (Å²) in [5.74, 6) is -1.54. The molecule has 1 N–H and O–H groups in total. The number of aliphatic carboxylic acids is 1. The van der Waals surface area contributed by atoms with E-state index in [9.17, 15) is 19.5 Å². The van der Waals surface area contributed by atoms with Crippen LogP contribution in [0.15, 0.2) is 122 Å². The summed E-state index contributed by atoms with van der Waals surface area (Å²) in [7, 11) is 5.50. The molecule has 0 aliphatic rings. The molecule has 0 aliphatic carbocycles. The van der Waals surface area contributed by atoms with E-state index in [1.165, 1.54) is 19.3 Å². The van der Waals surface area contributed by atoms with Gasteiger partial charge in [0.1, 0.15) is 6.61 Å². The van der Waals surface area contributed by atoms with E-state index >= 15 is 0 Å². The minimum absolute atomic E-state index is 0.0366. The van der Waals surface area contributed by atoms with E-state index in [0.717, 1.165) is 109 Å². The number of carbonyl (C=O) groups is 3. The van der Waals surface area contributed by atoms with Crippen molar-refractivity contribution in [2.24, 2.45) is 0 Å². The molecule has 0 aromatic heterocycles. The van der Waals surface area contributed by atoms with E-state index < -0.39 is 18.1 Å². The van der Waals surface area contributed by atoms with E-state index in [4.69, 9.17) is 14.2 Å². The van der Waals surface area contributed by atoms with Crippen LogP contribution < -0.4 is 0 Å². The third-order valence-corrected chi connectivity index (χ3v) is 10.2. The number of rotatable bonds is 42. The number of ether oxygens (including phenoxy) is 3. The number of unbranched alkanes of at least 4 members (excludes halogenated alkanes) is 12. The second kappa shape index (κ2) is 45.3. The van der Waals surface area contributed by atoms with Gasteiger partial charge in [0.15, 0.2) is 12.1 Å². The Kier molecular flexibility index (Phi) is 42.3. The van der Waals surface area contributed by atoms with Gasteiger partial charge in [0.25, 0.3) is 0 Å². The Hall–Kier alpha value is -4.27. The van der Waals surface area contributed by atoms with Crippen molar-refractivity contribution in [2.75, 3.05) is 41.0 Å². The first-order valence-corrected chi connectivity index (χ1v) is 24.6. The molecule has 360 valence electrons. The minimum Gasteiger partial charge on any atom is -0.477 e. The monoisotopic (exact) mass is 889 g/mol. The summed E-state index contributed by atoms with van der Waals surface area (Å²) in [6.45, 7) is 4.47. The van der Waals surface area contributed by atoms with Crippen molar-refractivity contribution < 1.29 is 38.2 Å². The topological polar surface area (TPSA) is 99.1 Å². The molecule has 0 saturated heterocycles. The third-order valence-electron chi connectivity index (χ3n) is 10.2. The van der Waals surface area contributed by atoms with Crippen LogP contribution in [0.5, 0.6) is 0 Å². The smallest absolute Gasteiger partial charge is 0.362 e. The van der Waals surface area contributed by atoms with Crippen molar-refractivity contribution in [1.82, 2.24) is 0 Å². The maximum Gasteiger partial charge on any atom is 0.362 e. The first-order valence-electron chi connectivity index (χ1n) is 24.6. The third kappa shape index (κ3) is 43.0. The van der Waals surface area contributed by atoms with E-state index in [0.29, 0.717) is 12.8 Å². The highest BCUT2D eigenvalue weighted by Crippen LogP contribution is 2.13. The largest absolute Gasteiger partial charge is 0.477 e. The van der Waals surface area contributed by atoms with Gasteiger partial charge in [-0.2, -0.15) is 0 Å². The van der Waals surface area contributed by atoms with Gasteiger partial charge in [0, 0.05) is 19.3 Å². The number of carbonyl (C=O) groups excluding carboxylic acids is 2. The van der Waals surface area contributed by atoms with Crippen molar-refractivity contribution >= 4 is 17.9 Å². The van der Waals surface area contributed by atoms with Crippen LogP contribution in [0.1, 0.15) is 162 Å². The van der Waals surface area contributed by atoms with Crippen molar-refractivity contribution in [3.05, 3.63) is 122 Å². The first kappa shape index (κ1) is 59.7. The summed E-state index contributed by atoms with van der Waals surface area (Å²) in [4.78, 5) is 37.1. The normalized spacial score (nSPS) is 14.0. The molecule has 0 radical (unpaired) electrons. The van der Waals surface area contributed by atoms with Crippen LogP contribution in [-0.2, 0) is 28.6 Å². The molecular weight excluding hydrogens is 799 g/mol. The fraction of sp³-hybridized carbons (Fsp3) is 0.589. The van der Waals surface area contributed by atoms with Gasteiger partial charge in [0.2, 0.25) is 0 Å². The number of nitrogens with zero attached hydrogens (tertiary/aromatic N) is 1. The van der Waals surface area contributed by atoms with Gasteiger partial charge in [-0.3, -0.25) is 9.59 Å². The lowest BCUT2D eigenvalue weighted by molar-refractivity contribution is -0.887. The molecule has 0 aromatic carbocycles. The quantitative estimate of drug-likeness (QED) is 0.0214. The number of carboxylic acid groups (broad SMARTS) is 1. The molecule has 0 heterocycles. The van der Waals surface area contributed by atoms with Crippen molar-refractivity contribution in [3.63, 3.8) is 0 Å². The molecular formula is C56H90NO7+. The van der Waals surface area contributed by atoms with E-state index in [1.54, 1.807) is 0 Å². The minimum atomic E-state index is -0.888. The predicted octanol–water partition coefficient (Wildman–Crippen LogP) is 14.2. The summed E-state index contributed by atoms with van der Waals surface area (Å²) in [6.07, 6.45) is 63.8. The zero-order valence-electron chi connectivity index (χ0n) is 40.9. The van der Waals surface area contributed by atoms with Gasteiger partial charge in [-0.05, 0) is 77.0 Å². The number of quaternary nitrogens is 1. The number of esters is 2. The highest BCUT2D eigenvalue weighted by atomic mass is 16.6. The molecule has 0 fully saturated rings. The summed E-state index contributed by atoms with van der Waals surface area (Å²) in [5.41, 5.74) is 0. The molecule has 0 aromatic rings. The number of carboxylic acids is 1. The fourth-order valence-corrected chi connectivity index (χ4v) is 6.44. The molecule has 0 aliphatic heterocycles. The Morgan fingerprint density at radius 1 is 0.500 bits per heavy atom. The first-order chi connectivity index (χ1) is 31.1. The SMILES string of the molecule is CC/C=C/C/C=C/C/C=C/C/C=C/C/C=C/CCCCCCCCC(=O)OCC(COCCC(C(=O)O)[N+](C)(C)C)OC(=O)CCCCCCC/C=C/C=C/C=C/C=C/C=C/CCC. The summed E-state index contributed by atoms with van der Waals surface area (Å²) < 4.78 is 17.3. The van der Waals surface area contributed by atoms with Gasteiger partial charge < -0.3 is 23.8 Å². The second-order valence-electron chi connectivity index (χ2n) is 17.1. The Bertz CT molecular complexity index is 1450. The molecule has 2 atom stereocenters. The lowest BCUT2D eigenvalue weighted by Gasteiger charge is -2.31. The van der Waals surface area contributed by atoms with Crippen LogP contribution in [0, 0.1) is 0 Å². The van der Waals surface area contributed by atoms with Gasteiger partial charge in [-0.25, -0.2) is 4.79 Å². The Labute approximate surface area is 391 Å². The number of likely N-dealkylation sites (N-methyl/N-ethyl adjacent to an activating group) is 1. The average molecular weight is 889 g/mol. The van der Waals surface area contributed by atoms with Crippen LogP contribution in [-0.4, -0.2) is 80.6 Å². The highest BCUT2D eigenvalue weighted by molar-refractivity contribution is 5.72. The van der Waals surface area contributed by atoms with Crippen LogP contribution in [0.2, 0.25) is 0 Å². The van der Waals surface area contributed by atoms with Gasteiger partial charge in [-0.1, -0.05) is 187 Å². The Morgan fingerprint density at radius 3 is 1.44 bits per heavy atom. The molecule has 0 spiro atoms. The molecule has 8 nitrogen and oxygen atoms in total. The van der Waals surface area contributed by atoms with Gasteiger partial charge >= 0.3 is 17.9 Å². The molecule has 0 bridgehead atoms. The lowest BCUT2D eigenvalue weighted by atomic mass is 10.1. The van der Waals surface area contributed by atoms with Gasteiger partial charge in [0.05, 0.1) is 34.4 Å². The summed E-state index contributed by atoms with van der Waals surface area (Å²) in [5, 5.41) is 9.65. The van der Waals surface area contributed by atoms with E-state index in [-0.39, 0.29) is 42.7 Å². The Morgan fingerprint density at radius 2 is 0.938 bits per heavy atom. The molecule has 0 rings (SSSR count). The number of hydrogen-bond donors (Lipinski definition) is 1.